The van der Waals surface area contributed by atoms with E-state index in [0.29, 0.717) is 40.5 Å². The monoisotopic (exact) mass is 442 g/mol. The molecule has 8 heteroatoms. The van der Waals surface area contributed by atoms with Gasteiger partial charge >= 0.3 is 0 Å². The van der Waals surface area contributed by atoms with E-state index in [1.54, 1.807) is 13.2 Å². The summed E-state index contributed by atoms with van der Waals surface area (Å²) < 4.78 is 25.1. The average molecular weight is 443 g/mol. The predicted molar refractivity (Wildman–Crippen MR) is 119 cm³/mol. The fourth-order valence-electron chi connectivity index (χ4n) is 4.58. The SMILES string of the molecule is COc1cc2ncnc(Nc3ccc(F)c(Cl)c3)c2cc1OCCC1CC12CCNC2. The first-order valence-corrected chi connectivity index (χ1v) is 10.8. The number of rotatable bonds is 7. The molecule has 1 aromatic heterocycles. The smallest absolute Gasteiger partial charge is 0.162 e. The third-order valence-corrected chi connectivity index (χ3v) is 6.75. The number of ether oxygens (including phenoxy) is 2. The van der Waals surface area contributed by atoms with Gasteiger partial charge in [0.2, 0.25) is 0 Å². The summed E-state index contributed by atoms with van der Waals surface area (Å²) >= 11 is 5.91. The Kier molecular flexibility index (Phi) is 5.32. The molecule has 6 nitrogen and oxygen atoms in total. The zero-order valence-corrected chi connectivity index (χ0v) is 18.0. The van der Waals surface area contributed by atoms with E-state index in [1.807, 2.05) is 12.1 Å². The molecule has 1 aliphatic heterocycles. The van der Waals surface area contributed by atoms with Gasteiger partial charge < -0.3 is 20.1 Å². The molecule has 162 valence electrons. The Balaban J connectivity index is 1.36. The van der Waals surface area contributed by atoms with Crippen LogP contribution in [0.15, 0.2) is 36.7 Å². The third-order valence-electron chi connectivity index (χ3n) is 6.46. The van der Waals surface area contributed by atoms with Crippen molar-refractivity contribution >= 4 is 34.0 Å². The van der Waals surface area contributed by atoms with E-state index in [0.717, 1.165) is 30.8 Å². The highest BCUT2D eigenvalue weighted by Gasteiger charge is 2.54. The second kappa shape index (κ2) is 8.13. The third kappa shape index (κ3) is 4.00. The van der Waals surface area contributed by atoms with E-state index in [9.17, 15) is 4.39 Å². The number of methoxy groups -OCH3 is 1. The van der Waals surface area contributed by atoms with Crippen LogP contribution in [0.2, 0.25) is 5.02 Å². The minimum Gasteiger partial charge on any atom is -0.493 e. The second-order valence-corrected chi connectivity index (χ2v) is 8.73. The number of halogens is 2. The molecule has 0 amide bonds. The van der Waals surface area contributed by atoms with Crippen LogP contribution in [0.3, 0.4) is 0 Å². The fraction of sp³-hybridized carbons (Fsp3) is 0.391. The lowest BCUT2D eigenvalue weighted by Gasteiger charge is -2.14. The normalized spacial score (nSPS) is 22.1. The molecule has 3 aromatic rings. The molecule has 1 spiro atoms. The first kappa shape index (κ1) is 20.3. The van der Waals surface area contributed by atoms with Gasteiger partial charge in [-0.1, -0.05) is 11.6 Å². The topological polar surface area (TPSA) is 68.3 Å². The van der Waals surface area contributed by atoms with Gasteiger partial charge in [-0.2, -0.15) is 0 Å². The van der Waals surface area contributed by atoms with Crippen LogP contribution >= 0.6 is 11.6 Å². The summed E-state index contributed by atoms with van der Waals surface area (Å²) in [6, 6.07) is 8.18. The molecule has 2 atom stereocenters. The molecule has 31 heavy (non-hydrogen) atoms. The summed E-state index contributed by atoms with van der Waals surface area (Å²) in [4.78, 5) is 8.71. The van der Waals surface area contributed by atoms with E-state index in [1.165, 1.54) is 31.3 Å². The van der Waals surface area contributed by atoms with Gasteiger partial charge in [-0.05, 0) is 61.4 Å². The highest BCUT2D eigenvalue weighted by Crippen LogP contribution is 2.58. The van der Waals surface area contributed by atoms with Gasteiger partial charge in [0.1, 0.15) is 18.0 Å². The highest BCUT2D eigenvalue weighted by atomic mass is 35.5. The van der Waals surface area contributed by atoms with Crippen LogP contribution in [0.4, 0.5) is 15.9 Å². The molecule has 1 saturated carbocycles. The summed E-state index contributed by atoms with van der Waals surface area (Å²) in [6.45, 7) is 2.90. The van der Waals surface area contributed by atoms with E-state index < -0.39 is 5.82 Å². The lowest BCUT2D eigenvalue weighted by Crippen LogP contribution is -2.12. The van der Waals surface area contributed by atoms with Crippen LogP contribution in [0.5, 0.6) is 11.5 Å². The van der Waals surface area contributed by atoms with Crippen molar-refractivity contribution in [1.82, 2.24) is 15.3 Å². The number of fused-ring (bicyclic) bond motifs is 1. The van der Waals surface area contributed by atoms with Crippen LogP contribution in [0, 0.1) is 17.2 Å². The molecule has 2 aromatic carbocycles. The van der Waals surface area contributed by atoms with Crippen LogP contribution < -0.4 is 20.1 Å². The summed E-state index contributed by atoms with van der Waals surface area (Å²) in [5.74, 6) is 2.14. The number of benzene rings is 2. The number of aromatic nitrogens is 2. The Labute approximate surface area is 185 Å². The largest absolute Gasteiger partial charge is 0.493 e. The Morgan fingerprint density at radius 1 is 1.26 bits per heavy atom. The molecule has 2 fully saturated rings. The minimum absolute atomic E-state index is 0.0457. The Morgan fingerprint density at radius 2 is 2.16 bits per heavy atom. The van der Waals surface area contributed by atoms with Gasteiger partial charge in [0, 0.05) is 23.7 Å². The first-order chi connectivity index (χ1) is 15.1. The molecule has 2 unspecified atom stereocenters. The molecule has 2 aliphatic rings. The molecule has 0 bridgehead atoms. The van der Waals surface area contributed by atoms with E-state index in [2.05, 4.69) is 20.6 Å². The van der Waals surface area contributed by atoms with Gasteiger partial charge in [-0.3, -0.25) is 0 Å². The van der Waals surface area contributed by atoms with E-state index >= 15 is 0 Å². The van der Waals surface area contributed by atoms with Crippen LogP contribution in [-0.4, -0.2) is 36.8 Å². The van der Waals surface area contributed by atoms with Crippen molar-refractivity contribution in [3.63, 3.8) is 0 Å². The number of nitrogens with zero attached hydrogens (tertiary/aromatic N) is 2. The maximum Gasteiger partial charge on any atom is 0.162 e. The summed E-state index contributed by atoms with van der Waals surface area (Å²) in [7, 11) is 1.62. The fourth-order valence-corrected chi connectivity index (χ4v) is 4.76. The van der Waals surface area contributed by atoms with Crippen molar-refractivity contribution in [3.8, 4) is 11.5 Å². The van der Waals surface area contributed by atoms with Gasteiger partial charge in [0.05, 0.1) is 24.3 Å². The van der Waals surface area contributed by atoms with Crippen molar-refractivity contribution in [2.75, 3.05) is 32.1 Å². The van der Waals surface area contributed by atoms with Crippen LogP contribution in [0.1, 0.15) is 19.3 Å². The quantitative estimate of drug-likeness (QED) is 0.540. The molecular weight excluding hydrogens is 419 g/mol. The van der Waals surface area contributed by atoms with Crippen molar-refractivity contribution in [3.05, 3.63) is 47.5 Å². The number of hydrogen-bond acceptors (Lipinski definition) is 6. The average Bonchev–Trinajstić information content (AvgIpc) is 3.21. The zero-order chi connectivity index (χ0) is 21.4. The van der Waals surface area contributed by atoms with Gasteiger partial charge in [0.15, 0.2) is 11.5 Å². The molecule has 0 radical (unpaired) electrons. The highest BCUT2D eigenvalue weighted by molar-refractivity contribution is 6.31. The zero-order valence-electron chi connectivity index (χ0n) is 17.3. The lowest BCUT2D eigenvalue weighted by atomic mass is 10.0. The molecule has 5 rings (SSSR count). The van der Waals surface area contributed by atoms with Gasteiger partial charge in [-0.15, -0.1) is 0 Å². The Morgan fingerprint density at radius 3 is 2.94 bits per heavy atom. The van der Waals surface area contributed by atoms with Crippen molar-refractivity contribution in [2.24, 2.45) is 11.3 Å². The summed E-state index contributed by atoms with van der Waals surface area (Å²) in [5.41, 5.74) is 1.86. The van der Waals surface area contributed by atoms with Crippen molar-refractivity contribution in [2.45, 2.75) is 19.3 Å². The predicted octanol–water partition coefficient (Wildman–Crippen LogP) is 4.94. The van der Waals surface area contributed by atoms with Crippen LogP contribution in [0.25, 0.3) is 10.9 Å². The lowest BCUT2D eigenvalue weighted by molar-refractivity contribution is 0.275. The number of nitrogens with one attached hydrogen (secondary N) is 2. The Bertz CT molecular complexity index is 1120. The maximum absolute atomic E-state index is 13.5. The summed E-state index contributed by atoms with van der Waals surface area (Å²) in [5, 5.41) is 7.49. The standard InChI is InChI=1S/C23H24ClFN4O2/c1-30-20-10-19-16(9-21(20)31-7-4-14-11-23(14)5-6-26-12-23)22(28-13-27-19)29-15-2-3-18(25)17(24)8-15/h2-3,8-10,13-14,26H,4-7,11-12H2,1H3,(H,27,28,29). The van der Waals surface area contributed by atoms with E-state index in [4.69, 9.17) is 21.1 Å². The Hall–Kier alpha value is -2.64. The van der Waals surface area contributed by atoms with Crippen LogP contribution in [-0.2, 0) is 0 Å². The van der Waals surface area contributed by atoms with Crippen molar-refractivity contribution < 1.29 is 13.9 Å². The first-order valence-electron chi connectivity index (χ1n) is 10.5. The molecular formula is C23H24ClFN4O2. The maximum atomic E-state index is 13.5. The number of hydrogen-bond donors (Lipinski definition) is 2. The molecule has 1 aliphatic carbocycles. The minimum atomic E-state index is -0.467. The van der Waals surface area contributed by atoms with Gasteiger partial charge in [-0.25, -0.2) is 14.4 Å². The van der Waals surface area contributed by atoms with Gasteiger partial charge in [0.25, 0.3) is 0 Å². The number of anilines is 2. The van der Waals surface area contributed by atoms with E-state index in [-0.39, 0.29) is 5.02 Å². The second-order valence-electron chi connectivity index (χ2n) is 8.32. The molecule has 1 saturated heterocycles. The van der Waals surface area contributed by atoms with Crippen molar-refractivity contribution in [1.29, 1.82) is 0 Å². The molecule has 2 heterocycles. The molecule has 2 N–H and O–H groups in total. The summed E-state index contributed by atoms with van der Waals surface area (Å²) in [6.07, 6.45) is 5.07.